The quantitative estimate of drug-likeness (QED) is 0.173. The van der Waals surface area contributed by atoms with Gasteiger partial charge in [0.25, 0.3) is 0 Å². The lowest BCUT2D eigenvalue weighted by atomic mass is 9.72. The smallest absolute Gasteiger partial charge is 0.109 e. The highest BCUT2D eigenvalue weighted by atomic mass is 14.7. The Hall–Kier alpha value is -7.26. The molecule has 2 nitrogen and oxygen atoms in total. The largest absolute Gasteiger partial charge is 0.256 e. The molecule has 2 unspecified atom stereocenters. The summed E-state index contributed by atoms with van der Waals surface area (Å²) in [5.41, 5.74) is 13.9. The van der Waals surface area contributed by atoms with Crippen LogP contribution in [0.3, 0.4) is 0 Å². The van der Waals surface area contributed by atoms with Crippen molar-refractivity contribution in [2.45, 2.75) is 10.8 Å². The van der Waals surface area contributed by atoms with Crippen LogP contribution in [0.4, 0.5) is 0 Å². The first-order chi connectivity index (χ1) is 26.8. The molecule has 2 heterocycles. The number of nitrogens with zero attached hydrogens (tertiary/aromatic N) is 2. The summed E-state index contributed by atoms with van der Waals surface area (Å²) in [4.78, 5) is 9.73. The van der Waals surface area contributed by atoms with Gasteiger partial charge < -0.3 is 0 Å². The molecule has 0 N–H and O–H groups in total. The molecule has 0 fully saturated rings. The molecule has 8 aromatic rings. The second kappa shape index (κ2) is 12.8. The zero-order valence-corrected chi connectivity index (χ0v) is 29.4. The number of hydrogen-bond donors (Lipinski definition) is 0. The van der Waals surface area contributed by atoms with E-state index >= 15 is 0 Å². The summed E-state index contributed by atoms with van der Waals surface area (Å²) in [7, 11) is 0. The lowest BCUT2D eigenvalue weighted by Crippen LogP contribution is -2.25. The highest BCUT2D eigenvalue weighted by Crippen LogP contribution is 2.53. The Morgan fingerprint density at radius 3 is 1.13 bits per heavy atom. The molecule has 10 rings (SSSR count). The second-order valence-corrected chi connectivity index (χ2v) is 13.8. The maximum atomic E-state index is 4.87. The van der Waals surface area contributed by atoms with Crippen molar-refractivity contribution in [3.8, 4) is 57.3 Å². The number of benzene rings is 6. The van der Waals surface area contributed by atoms with Gasteiger partial charge in [0, 0.05) is 45.8 Å². The molecule has 2 heteroatoms. The lowest BCUT2D eigenvalue weighted by Gasteiger charge is -2.28. The van der Waals surface area contributed by atoms with Crippen molar-refractivity contribution in [3.63, 3.8) is 0 Å². The van der Waals surface area contributed by atoms with Crippen LogP contribution in [0.25, 0.3) is 33.6 Å². The third kappa shape index (κ3) is 4.86. The van der Waals surface area contributed by atoms with E-state index < -0.39 is 10.8 Å². The Kier molecular flexibility index (Phi) is 7.43. The second-order valence-electron chi connectivity index (χ2n) is 13.8. The normalized spacial score (nSPS) is 17.1. The van der Waals surface area contributed by atoms with E-state index in [1.54, 1.807) is 0 Å². The number of fused-ring (bicyclic) bond motifs is 6. The number of aromatic nitrogens is 2. The Balaban J connectivity index is 1.08. The van der Waals surface area contributed by atoms with E-state index in [2.05, 4.69) is 157 Å². The van der Waals surface area contributed by atoms with Gasteiger partial charge in [-0.1, -0.05) is 169 Å². The number of hydrogen-bond acceptors (Lipinski definition) is 2. The van der Waals surface area contributed by atoms with Crippen LogP contribution in [0.5, 0.6) is 0 Å². The number of pyridine rings is 2. The standard InChI is InChI=1S/C52H32N2/c1-3-13-37(14-4-1)31-33-51(45-19-9-7-17-43(45)49-47(51)21-11-35-53-49)41-27-23-39(24-28-41)40-25-29-42(30-26-40)52(34-32-38-15-5-2-6-16-38)46-20-10-8-18-44(46)50-48(52)22-12-36-54-50/h1-30,35-36H. The minimum absolute atomic E-state index is 0.667. The van der Waals surface area contributed by atoms with Crippen molar-refractivity contribution in [1.82, 2.24) is 9.97 Å². The maximum absolute atomic E-state index is 4.87. The molecule has 0 saturated carbocycles. The zero-order valence-electron chi connectivity index (χ0n) is 29.4. The van der Waals surface area contributed by atoms with Crippen LogP contribution in [0.1, 0.15) is 44.5 Å². The fourth-order valence-corrected chi connectivity index (χ4v) is 8.40. The van der Waals surface area contributed by atoms with Crippen molar-refractivity contribution in [3.05, 3.63) is 239 Å². The molecule has 54 heavy (non-hydrogen) atoms. The molecule has 250 valence electrons. The van der Waals surface area contributed by atoms with Crippen molar-refractivity contribution in [2.24, 2.45) is 0 Å². The summed E-state index contributed by atoms with van der Waals surface area (Å²) in [5, 5.41) is 0. The summed E-state index contributed by atoms with van der Waals surface area (Å²) in [6, 6.07) is 63.8. The number of rotatable bonds is 3. The SMILES string of the molecule is C(#CC1(c2ccc(-c3ccc(C4(C#Cc5ccccc5)c5ccccc5-c5ncccc54)cc3)cc2)c2ccccc2-c2ncccc21)c1ccccc1. The highest BCUT2D eigenvalue weighted by Gasteiger charge is 2.45. The van der Waals surface area contributed by atoms with E-state index in [-0.39, 0.29) is 0 Å². The molecular formula is C52H32N2. The van der Waals surface area contributed by atoms with Gasteiger partial charge in [-0.15, -0.1) is 0 Å². The predicted molar refractivity (Wildman–Crippen MR) is 218 cm³/mol. The van der Waals surface area contributed by atoms with Crippen molar-refractivity contribution < 1.29 is 0 Å². The topological polar surface area (TPSA) is 25.8 Å². The third-order valence-corrected chi connectivity index (χ3v) is 10.9. The minimum Gasteiger partial charge on any atom is -0.256 e. The van der Waals surface area contributed by atoms with Crippen molar-refractivity contribution in [2.75, 3.05) is 0 Å². The van der Waals surface area contributed by atoms with Crippen LogP contribution < -0.4 is 0 Å². The van der Waals surface area contributed by atoms with Gasteiger partial charge in [-0.2, -0.15) is 0 Å². The average Bonchev–Trinajstić information content (AvgIpc) is 3.71. The lowest BCUT2D eigenvalue weighted by molar-refractivity contribution is 0.833. The Bertz CT molecular complexity index is 2520. The molecule has 0 aliphatic heterocycles. The molecule has 0 bridgehead atoms. The molecule has 0 amide bonds. The molecular weight excluding hydrogens is 653 g/mol. The summed E-state index contributed by atoms with van der Waals surface area (Å²) >= 11 is 0. The molecule has 2 aromatic heterocycles. The van der Waals surface area contributed by atoms with Crippen molar-refractivity contribution in [1.29, 1.82) is 0 Å². The predicted octanol–water partition coefficient (Wildman–Crippen LogP) is 10.9. The van der Waals surface area contributed by atoms with Crippen LogP contribution in [0.2, 0.25) is 0 Å². The van der Waals surface area contributed by atoms with Gasteiger partial charge in [0.05, 0.1) is 11.4 Å². The van der Waals surface area contributed by atoms with Gasteiger partial charge in [0.15, 0.2) is 0 Å². The van der Waals surface area contributed by atoms with Crippen LogP contribution in [0.15, 0.2) is 194 Å². The van der Waals surface area contributed by atoms with Gasteiger partial charge in [0.2, 0.25) is 0 Å². The van der Waals surface area contributed by atoms with Crippen LogP contribution in [0, 0.1) is 23.7 Å². The Morgan fingerprint density at radius 1 is 0.333 bits per heavy atom. The first-order valence-electron chi connectivity index (χ1n) is 18.2. The molecule has 6 aromatic carbocycles. The summed E-state index contributed by atoms with van der Waals surface area (Å²) in [6.45, 7) is 0. The van der Waals surface area contributed by atoms with Gasteiger partial charge in [-0.05, 0) is 69.8 Å². The van der Waals surface area contributed by atoms with Gasteiger partial charge in [-0.3, -0.25) is 9.97 Å². The van der Waals surface area contributed by atoms with Crippen LogP contribution >= 0.6 is 0 Å². The van der Waals surface area contributed by atoms with Crippen LogP contribution in [-0.4, -0.2) is 9.97 Å². The van der Waals surface area contributed by atoms with Gasteiger partial charge >= 0.3 is 0 Å². The molecule has 0 spiro atoms. The van der Waals surface area contributed by atoms with E-state index in [9.17, 15) is 0 Å². The van der Waals surface area contributed by atoms with Crippen LogP contribution in [-0.2, 0) is 10.8 Å². The monoisotopic (exact) mass is 684 g/mol. The Morgan fingerprint density at radius 2 is 0.704 bits per heavy atom. The molecule has 2 atom stereocenters. The zero-order chi connectivity index (χ0) is 36.0. The van der Waals surface area contributed by atoms with Gasteiger partial charge in [0.1, 0.15) is 10.8 Å². The molecule has 2 aliphatic carbocycles. The summed E-state index contributed by atoms with van der Waals surface area (Å²) in [5.74, 6) is 14.6. The van der Waals surface area contributed by atoms with Gasteiger partial charge in [-0.25, -0.2) is 0 Å². The van der Waals surface area contributed by atoms with E-state index in [1.165, 1.54) is 0 Å². The summed E-state index contributed by atoms with van der Waals surface area (Å²) < 4.78 is 0. The molecule has 2 aliphatic rings. The fraction of sp³-hybridized carbons (Fsp3) is 0.0385. The molecule has 0 saturated heterocycles. The van der Waals surface area contributed by atoms with E-state index in [0.29, 0.717) is 0 Å². The van der Waals surface area contributed by atoms with Crippen molar-refractivity contribution >= 4 is 0 Å². The first kappa shape index (κ1) is 31.5. The average molecular weight is 685 g/mol. The highest BCUT2D eigenvalue weighted by molar-refractivity contribution is 5.85. The van der Waals surface area contributed by atoms with E-state index in [4.69, 9.17) is 9.97 Å². The van der Waals surface area contributed by atoms with E-state index in [0.717, 1.165) is 78.1 Å². The Labute approximate surface area is 315 Å². The third-order valence-electron chi connectivity index (χ3n) is 10.9. The first-order valence-corrected chi connectivity index (χ1v) is 18.2. The van der Waals surface area contributed by atoms with E-state index in [1.807, 2.05) is 60.9 Å². The fourth-order valence-electron chi connectivity index (χ4n) is 8.40. The molecule has 0 radical (unpaired) electrons. The maximum Gasteiger partial charge on any atom is 0.109 e. The minimum atomic E-state index is -0.667. The summed E-state index contributed by atoms with van der Waals surface area (Å²) in [6.07, 6.45) is 3.75.